The Labute approximate surface area is 181 Å². The molecule has 0 saturated carbocycles. The van der Waals surface area contributed by atoms with E-state index in [-0.39, 0.29) is 11.5 Å². The molecule has 0 unspecified atom stereocenters. The number of ether oxygens (including phenoxy) is 1. The van der Waals surface area contributed by atoms with Crippen LogP contribution in [0.15, 0.2) is 35.3 Å². The first-order chi connectivity index (χ1) is 15.1. The number of anilines is 1. The molecule has 8 nitrogen and oxygen atoms in total. The van der Waals surface area contributed by atoms with Crippen LogP contribution < -0.4 is 16.2 Å². The summed E-state index contributed by atoms with van der Waals surface area (Å²) in [7, 11) is 0. The number of nitrogens with zero attached hydrogens (tertiary/aromatic N) is 4. The Morgan fingerprint density at radius 2 is 2.06 bits per heavy atom. The van der Waals surface area contributed by atoms with Gasteiger partial charge in [0, 0.05) is 74.8 Å². The highest BCUT2D eigenvalue weighted by atomic mass is 16.5. The minimum absolute atomic E-state index is 0.152. The molecule has 3 aliphatic rings. The van der Waals surface area contributed by atoms with Gasteiger partial charge < -0.3 is 19.9 Å². The van der Waals surface area contributed by atoms with Crippen molar-refractivity contribution in [3.05, 3.63) is 57.6 Å². The van der Waals surface area contributed by atoms with Crippen LogP contribution in [0.2, 0.25) is 0 Å². The van der Waals surface area contributed by atoms with Gasteiger partial charge in [-0.25, -0.2) is 4.98 Å². The summed E-state index contributed by atoms with van der Waals surface area (Å²) in [5, 5.41) is 0. The van der Waals surface area contributed by atoms with Crippen LogP contribution in [0.25, 0.3) is 0 Å². The van der Waals surface area contributed by atoms with Crippen LogP contribution in [-0.2, 0) is 17.8 Å². The van der Waals surface area contributed by atoms with E-state index in [9.17, 15) is 9.59 Å². The maximum absolute atomic E-state index is 13.3. The lowest BCUT2D eigenvalue weighted by molar-refractivity contribution is 0.1000. The van der Waals surface area contributed by atoms with E-state index in [0.717, 1.165) is 75.9 Å². The summed E-state index contributed by atoms with van der Waals surface area (Å²) in [6.45, 7) is 6.41. The third-order valence-corrected chi connectivity index (χ3v) is 6.75. The summed E-state index contributed by atoms with van der Waals surface area (Å²) in [6, 6.07) is 7.57. The minimum atomic E-state index is -0.443. The molecular weight excluding hydrogens is 394 g/mol. The van der Waals surface area contributed by atoms with E-state index in [1.165, 1.54) is 0 Å². The van der Waals surface area contributed by atoms with Crippen molar-refractivity contribution in [2.24, 2.45) is 11.7 Å². The number of fused-ring (bicyclic) bond motifs is 4. The van der Waals surface area contributed by atoms with Gasteiger partial charge in [-0.3, -0.25) is 14.5 Å². The van der Waals surface area contributed by atoms with Crippen LogP contribution in [-0.4, -0.2) is 59.8 Å². The van der Waals surface area contributed by atoms with Crippen LogP contribution in [0, 0.1) is 5.92 Å². The van der Waals surface area contributed by atoms with Gasteiger partial charge in [0.05, 0.1) is 6.61 Å². The summed E-state index contributed by atoms with van der Waals surface area (Å²) in [5.41, 5.74) is 8.05. The molecule has 2 N–H and O–H groups in total. The Bertz CT molecular complexity index is 1030. The van der Waals surface area contributed by atoms with Crippen molar-refractivity contribution in [3.8, 4) is 0 Å². The molecule has 5 rings (SSSR count). The fraction of sp³-hybridized carbons (Fsp3) is 0.522. The molecule has 31 heavy (non-hydrogen) atoms. The average Bonchev–Trinajstić information content (AvgIpc) is 3.05. The molecule has 0 aromatic carbocycles. The van der Waals surface area contributed by atoms with Gasteiger partial charge >= 0.3 is 0 Å². The van der Waals surface area contributed by atoms with E-state index in [1.807, 2.05) is 10.6 Å². The van der Waals surface area contributed by atoms with Crippen LogP contribution >= 0.6 is 0 Å². The Balaban J connectivity index is 1.37. The van der Waals surface area contributed by atoms with Crippen molar-refractivity contribution in [3.63, 3.8) is 0 Å². The molecule has 0 aliphatic carbocycles. The lowest BCUT2D eigenvalue weighted by Gasteiger charge is -2.43. The Hall–Kier alpha value is -2.71. The Morgan fingerprint density at radius 3 is 2.94 bits per heavy atom. The number of amides is 1. The van der Waals surface area contributed by atoms with E-state index in [4.69, 9.17) is 10.5 Å². The van der Waals surface area contributed by atoms with E-state index in [2.05, 4.69) is 20.9 Å². The summed E-state index contributed by atoms with van der Waals surface area (Å²) < 4.78 is 7.55. The topological polar surface area (TPSA) is 93.7 Å². The van der Waals surface area contributed by atoms with Crippen molar-refractivity contribution < 1.29 is 9.53 Å². The third-order valence-electron chi connectivity index (χ3n) is 6.75. The Morgan fingerprint density at radius 1 is 1.16 bits per heavy atom. The van der Waals surface area contributed by atoms with E-state index in [1.54, 1.807) is 18.3 Å². The lowest BCUT2D eigenvalue weighted by atomic mass is 9.83. The summed E-state index contributed by atoms with van der Waals surface area (Å²) in [4.78, 5) is 33.9. The maximum Gasteiger partial charge on any atom is 0.255 e. The number of nitrogens with two attached hydrogens (primary N) is 1. The lowest BCUT2D eigenvalue weighted by Crippen LogP contribution is -2.48. The van der Waals surface area contributed by atoms with Crippen LogP contribution in [0.4, 0.5) is 5.82 Å². The molecule has 0 radical (unpaired) electrons. The zero-order valence-electron chi connectivity index (χ0n) is 17.7. The molecule has 2 aromatic heterocycles. The number of piperidine rings is 1. The summed E-state index contributed by atoms with van der Waals surface area (Å²) in [5.74, 6) is 0.993. The normalized spacial score (nSPS) is 23.8. The highest BCUT2D eigenvalue weighted by molar-refractivity contribution is 5.93. The fourth-order valence-electron chi connectivity index (χ4n) is 5.24. The number of hydrogen-bond acceptors (Lipinski definition) is 6. The number of carbonyl (C=O) groups excluding carboxylic acids is 1. The van der Waals surface area contributed by atoms with Gasteiger partial charge in [-0.2, -0.15) is 0 Å². The SMILES string of the molecule is NC(=O)c1ccnc(N2C[C@@H]3C[C@H](C2)c2ccc(CN4CCCOCC4)c(=O)n2C3)c1. The average molecular weight is 424 g/mol. The molecule has 5 heterocycles. The summed E-state index contributed by atoms with van der Waals surface area (Å²) >= 11 is 0. The number of primary amides is 1. The van der Waals surface area contributed by atoms with E-state index < -0.39 is 5.91 Å². The first-order valence-corrected chi connectivity index (χ1v) is 11.1. The quantitative estimate of drug-likeness (QED) is 0.794. The predicted molar refractivity (Wildman–Crippen MR) is 117 cm³/mol. The van der Waals surface area contributed by atoms with Crippen molar-refractivity contribution in [2.75, 3.05) is 44.3 Å². The van der Waals surface area contributed by atoms with Gasteiger partial charge in [0.1, 0.15) is 5.82 Å². The van der Waals surface area contributed by atoms with Crippen LogP contribution in [0.1, 0.15) is 40.4 Å². The monoisotopic (exact) mass is 423 g/mol. The number of carbonyl (C=O) groups is 1. The zero-order chi connectivity index (χ0) is 21.4. The highest BCUT2D eigenvalue weighted by Crippen LogP contribution is 2.36. The van der Waals surface area contributed by atoms with E-state index in [0.29, 0.717) is 18.0 Å². The molecule has 2 atom stereocenters. The smallest absolute Gasteiger partial charge is 0.255 e. The molecule has 2 bridgehead atoms. The van der Waals surface area contributed by atoms with Gasteiger partial charge in [0.15, 0.2) is 0 Å². The van der Waals surface area contributed by atoms with Crippen molar-refractivity contribution in [1.29, 1.82) is 0 Å². The molecule has 3 aliphatic heterocycles. The first-order valence-electron chi connectivity index (χ1n) is 11.1. The largest absolute Gasteiger partial charge is 0.380 e. The molecule has 2 saturated heterocycles. The number of pyridine rings is 2. The van der Waals surface area contributed by atoms with Crippen molar-refractivity contribution in [1.82, 2.24) is 14.5 Å². The molecule has 164 valence electrons. The van der Waals surface area contributed by atoms with Crippen LogP contribution in [0.3, 0.4) is 0 Å². The molecule has 2 fully saturated rings. The van der Waals surface area contributed by atoms with Crippen LogP contribution in [0.5, 0.6) is 0 Å². The molecule has 8 heteroatoms. The van der Waals surface area contributed by atoms with Gasteiger partial charge in [-0.05, 0) is 37.0 Å². The predicted octanol–water partition coefficient (Wildman–Crippen LogP) is 1.19. The second-order valence-electron chi connectivity index (χ2n) is 8.91. The standard InChI is InChI=1S/C23H29N5O3/c24-22(29)17-4-5-25-21(11-17)27-12-16-10-19(15-27)20-3-2-18(23(30)28(20)13-16)14-26-6-1-8-31-9-7-26/h2-5,11,16,19H,1,6-10,12-15H2,(H2,24,29)/t16-,19+/m0/s1. The number of rotatable bonds is 4. The highest BCUT2D eigenvalue weighted by Gasteiger charge is 2.35. The first kappa shape index (κ1) is 20.2. The molecular formula is C23H29N5O3. The molecule has 0 spiro atoms. The summed E-state index contributed by atoms with van der Waals surface area (Å²) in [6.07, 6.45) is 3.73. The van der Waals surface area contributed by atoms with E-state index >= 15 is 0 Å². The second kappa shape index (κ2) is 8.43. The number of aromatic nitrogens is 2. The molecule has 1 amide bonds. The van der Waals surface area contributed by atoms with Crippen molar-refractivity contribution in [2.45, 2.75) is 31.8 Å². The maximum atomic E-state index is 13.3. The Kier molecular flexibility index (Phi) is 5.50. The van der Waals surface area contributed by atoms with Gasteiger partial charge in [-0.15, -0.1) is 0 Å². The zero-order valence-corrected chi connectivity index (χ0v) is 17.7. The van der Waals surface area contributed by atoms with Crippen molar-refractivity contribution >= 4 is 11.7 Å². The third kappa shape index (κ3) is 4.09. The number of hydrogen-bond donors (Lipinski definition) is 1. The molecule has 2 aromatic rings. The van der Waals surface area contributed by atoms with Gasteiger partial charge in [-0.1, -0.05) is 6.07 Å². The second-order valence-corrected chi connectivity index (χ2v) is 8.91. The van der Waals surface area contributed by atoms with Gasteiger partial charge in [0.25, 0.3) is 5.56 Å². The minimum Gasteiger partial charge on any atom is -0.380 e. The van der Waals surface area contributed by atoms with Gasteiger partial charge in [0.2, 0.25) is 5.91 Å². The fourth-order valence-corrected chi connectivity index (χ4v) is 5.24.